The van der Waals surface area contributed by atoms with E-state index in [0.717, 1.165) is 0 Å². The van der Waals surface area contributed by atoms with Crippen LogP contribution in [0.3, 0.4) is 0 Å². The van der Waals surface area contributed by atoms with Gasteiger partial charge in [-0.25, -0.2) is 0 Å². The third kappa shape index (κ3) is 14.5. The molecule has 1 aliphatic rings. The van der Waals surface area contributed by atoms with Crippen LogP contribution in [-0.4, -0.2) is 61.3 Å². The number of likely N-dealkylation sites (N-methyl/N-ethyl adjacent to an activating group) is 2. The number of rotatable bonds is 24. The van der Waals surface area contributed by atoms with Crippen molar-refractivity contribution in [2.45, 2.75) is 156 Å². The zero-order valence-corrected chi connectivity index (χ0v) is 24.7. The second kappa shape index (κ2) is 21.0. The van der Waals surface area contributed by atoms with Crippen LogP contribution < -0.4 is 0 Å². The van der Waals surface area contributed by atoms with Crippen LogP contribution in [0, 0.1) is 0 Å². The lowest BCUT2D eigenvalue weighted by Gasteiger charge is -2.49. The fraction of sp³-hybridized carbons (Fsp3) is 1.00. The Balaban J connectivity index is 2.13. The molecule has 0 N–H and O–H groups in total. The predicted molar refractivity (Wildman–Crippen MR) is 154 cm³/mol. The topological polar surface area (TPSA) is 0 Å². The summed E-state index contributed by atoms with van der Waals surface area (Å²) >= 11 is 0. The van der Waals surface area contributed by atoms with E-state index in [4.69, 9.17) is 0 Å². The lowest BCUT2D eigenvalue weighted by Crippen LogP contribution is -2.67. The SMILES string of the molecule is CCCCCCCCCCCC[N+]1(CC)CC[N+](CC)(CCCCCCCCCCCC)CC1. The summed E-state index contributed by atoms with van der Waals surface area (Å²) in [5, 5.41) is 0. The van der Waals surface area contributed by atoms with Crippen molar-refractivity contribution >= 4 is 0 Å². The first-order chi connectivity index (χ1) is 16.7. The largest absolute Gasteiger partial charge is 0.315 e. The first kappa shape index (κ1) is 31.9. The Morgan fingerprint density at radius 3 is 0.794 bits per heavy atom. The molecule has 0 aromatic heterocycles. The van der Waals surface area contributed by atoms with Crippen molar-refractivity contribution in [1.82, 2.24) is 0 Å². The van der Waals surface area contributed by atoms with Crippen LogP contribution in [-0.2, 0) is 0 Å². The quantitative estimate of drug-likeness (QED) is 0.0952. The Bertz CT molecular complexity index is 385. The zero-order valence-electron chi connectivity index (χ0n) is 24.7. The molecule has 0 saturated carbocycles. The lowest BCUT2D eigenvalue weighted by atomic mass is 10.0. The highest BCUT2D eigenvalue weighted by Crippen LogP contribution is 2.23. The molecule has 0 aromatic carbocycles. The monoisotopic (exact) mass is 481 g/mol. The molecule has 204 valence electrons. The van der Waals surface area contributed by atoms with Gasteiger partial charge in [0, 0.05) is 0 Å². The third-order valence-electron chi connectivity index (χ3n) is 9.41. The molecule has 1 saturated heterocycles. The smallest absolute Gasteiger partial charge is 0.129 e. The number of unbranched alkanes of at least 4 members (excludes halogenated alkanes) is 18. The molecule has 34 heavy (non-hydrogen) atoms. The van der Waals surface area contributed by atoms with Gasteiger partial charge in [-0.1, -0.05) is 117 Å². The molecule has 0 aromatic rings. The van der Waals surface area contributed by atoms with Gasteiger partial charge in [-0.3, -0.25) is 0 Å². The van der Waals surface area contributed by atoms with Crippen molar-refractivity contribution in [2.75, 3.05) is 52.4 Å². The van der Waals surface area contributed by atoms with E-state index in [9.17, 15) is 0 Å². The Morgan fingerprint density at radius 2 is 0.559 bits per heavy atom. The van der Waals surface area contributed by atoms with E-state index in [1.807, 2.05) is 0 Å². The van der Waals surface area contributed by atoms with Crippen LogP contribution >= 0.6 is 0 Å². The van der Waals surface area contributed by atoms with Crippen molar-refractivity contribution in [3.63, 3.8) is 0 Å². The van der Waals surface area contributed by atoms with Crippen molar-refractivity contribution in [2.24, 2.45) is 0 Å². The number of quaternary nitrogens is 2. The lowest BCUT2D eigenvalue weighted by molar-refractivity contribution is -1.03. The highest BCUT2D eigenvalue weighted by molar-refractivity contribution is 4.57. The van der Waals surface area contributed by atoms with E-state index in [1.54, 1.807) is 0 Å². The molecule has 0 bridgehead atoms. The second-order valence-corrected chi connectivity index (χ2v) is 12.0. The maximum atomic E-state index is 2.46. The Kier molecular flexibility index (Phi) is 19.8. The summed E-state index contributed by atoms with van der Waals surface area (Å²) in [7, 11) is 0. The fourth-order valence-corrected chi connectivity index (χ4v) is 6.34. The molecular formula is C32H68N2+2. The summed E-state index contributed by atoms with van der Waals surface area (Å²) in [4.78, 5) is 0. The Hall–Kier alpha value is -0.0800. The minimum Gasteiger partial charge on any atom is -0.315 e. The fourth-order valence-electron chi connectivity index (χ4n) is 6.34. The van der Waals surface area contributed by atoms with E-state index in [-0.39, 0.29) is 0 Å². The molecule has 1 heterocycles. The molecule has 1 rings (SSSR count). The molecule has 0 aliphatic carbocycles. The highest BCUT2D eigenvalue weighted by atomic mass is 15.5. The third-order valence-corrected chi connectivity index (χ3v) is 9.41. The summed E-state index contributed by atoms with van der Waals surface area (Å²) < 4.78 is 2.85. The van der Waals surface area contributed by atoms with Crippen molar-refractivity contribution in [1.29, 1.82) is 0 Å². The van der Waals surface area contributed by atoms with Gasteiger partial charge >= 0.3 is 0 Å². The molecule has 1 aliphatic heterocycles. The van der Waals surface area contributed by atoms with Gasteiger partial charge in [0.05, 0.1) is 26.2 Å². The zero-order chi connectivity index (χ0) is 24.8. The molecule has 0 spiro atoms. The number of hydrogen-bond acceptors (Lipinski definition) is 0. The predicted octanol–water partition coefficient (Wildman–Crippen LogP) is 9.52. The van der Waals surface area contributed by atoms with E-state index in [2.05, 4.69) is 27.7 Å². The van der Waals surface area contributed by atoms with E-state index < -0.39 is 0 Å². The highest BCUT2D eigenvalue weighted by Gasteiger charge is 2.39. The van der Waals surface area contributed by atoms with E-state index >= 15 is 0 Å². The van der Waals surface area contributed by atoms with E-state index in [0.29, 0.717) is 0 Å². The Labute approximate surface area is 217 Å². The number of hydrogen-bond donors (Lipinski definition) is 0. The first-order valence-corrected chi connectivity index (χ1v) is 16.4. The molecule has 1 fully saturated rings. The average Bonchev–Trinajstić information content (AvgIpc) is 2.87. The maximum absolute atomic E-state index is 2.46. The molecule has 2 nitrogen and oxygen atoms in total. The van der Waals surface area contributed by atoms with Crippen molar-refractivity contribution in [3.05, 3.63) is 0 Å². The molecule has 0 atom stereocenters. The summed E-state index contributed by atoms with van der Waals surface area (Å²) in [5.74, 6) is 0. The summed E-state index contributed by atoms with van der Waals surface area (Å²) in [6, 6.07) is 0. The molecule has 2 heteroatoms. The van der Waals surface area contributed by atoms with Gasteiger partial charge in [-0.05, 0) is 39.5 Å². The molecule has 0 radical (unpaired) electrons. The van der Waals surface area contributed by atoms with Crippen LogP contribution in [0.5, 0.6) is 0 Å². The van der Waals surface area contributed by atoms with Gasteiger partial charge in [0.2, 0.25) is 0 Å². The normalized spacial score (nSPS) is 22.9. The van der Waals surface area contributed by atoms with Gasteiger partial charge < -0.3 is 8.97 Å². The molecule has 0 unspecified atom stereocenters. The average molecular weight is 481 g/mol. The van der Waals surface area contributed by atoms with Gasteiger partial charge in [-0.2, -0.15) is 0 Å². The summed E-state index contributed by atoms with van der Waals surface area (Å²) in [6.07, 6.45) is 29.2. The molecule has 0 amide bonds. The molecular weight excluding hydrogens is 412 g/mol. The van der Waals surface area contributed by atoms with Gasteiger partial charge in [-0.15, -0.1) is 0 Å². The van der Waals surface area contributed by atoms with Gasteiger partial charge in [0.15, 0.2) is 0 Å². The minimum atomic E-state index is 1.36. The second-order valence-electron chi connectivity index (χ2n) is 12.0. The summed E-state index contributed by atoms with van der Waals surface area (Å²) in [6.45, 7) is 21.0. The maximum Gasteiger partial charge on any atom is 0.129 e. The van der Waals surface area contributed by atoms with Crippen LogP contribution in [0.25, 0.3) is 0 Å². The number of nitrogens with zero attached hydrogens (tertiary/aromatic N) is 2. The van der Waals surface area contributed by atoms with Crippen molar-refractivity contribution < 1.29 is 8.97 Å². The van der Waals surface area contributed by atoms with Gasteiger partial charge in [0.1, 0.15) is 26.2 Å². The van der Waals surface area contributed by atoms with Gasteiger partial charge in [0.25, 0.3) is 0 Å². The Morgan fingerprint density at radius 1 is 0.324 bits per heavy atom. The van der Waals surface area contributed by atoms with Crippen LogP contribution in [0.15, 0.2) is 0 Å². The van der Waals surface area contributed by atoms with Crippen LogP contribution in [0.2, 0.25) is 0 Å². The standard InChI is InChI=1S/C32H68N2/c1-5-9-11-13-15-17-19-21-23-25-27-33(7-3)29-31-34(8-4,32-30-33)28-26-24-22-20-18-16-14-12-10-6-2/h5-32H2,1-4H3/q+2. The number of piperazine rings is 1. The summed E-state index contributed by atoms with van der Waals surface area (Å²) in [5.41, 5.74) is 0. The first-order valence-electron chi connectivity index (χ1n) is 16.4. The van der Waals surface area contributed by atoms with Crippen molar-refractivity contribution in [3.8, 4) is 0 Å². The van der Waals surface area contributed by atoms with Crippen LogP contribution in [0.4, 0.5) is 0 Å². The van der Waals surface area contributed by atoms with E-state index in [1.165, 1.54) is 190 Å². The minimum absolute atomic E-state index is 1.36. The van der Waals surface area contributed by atoms with Crippen LogP contribution in [0.1, 0.15) is 156 Å².